The molecule has 2 saturated carbocycles. The number of hydrogen-bond donors (Lipinski definition) is 3. The fourth-order valence-corrected chi connectivity index (χ4v) is 4.34. The van der Waals surface area contributed by atoms with Crippen LogP contribution >= 0.6 is 0 Å². The Labute approximate surface area is 120 Å². The van der Waals surface area contributed by atoms with Crippen LogP contribution in [-0.4, -0.2) is 42.5 Å². The largest absolute Gasteiger partial charge is 0.396 e. The molecule has 2 bridgehead atoms. The number of aliphatic hydroxyl groups excluding tert-OH is 1. The molecule has 0 radical (unpaired) electrons. The van der Waals surface area contributed by atoms with Gasteiger partial charge in [0.2, 0.25) is 0 Å². The second-order valence-corrected chi connectivity index (χ2v) is 6.93. The molecule has 20 heavy (non-hydrogen) atoms. The summed E-state index contributed by atoms with van der Waals surface area (Å²) in [5, 5.41) is 15.5. The highest BCUT2D eigenvalue weighted by Gasteiger charge is 2.47. The van der Waals surface area contributed by atoms with Crippen molar-refractivity contribution >= 4 is 6.03 Å². The second-order valence-electron chi connectivity index (χ2n) is 6.93. The molecule has 1 aliphatic heterocycles. The second kappa shape index (κ2) is 5.53. The Kier molecular flexibility index (Phi) is 3.91. The zero-order chi connectivity index (χ0) is 14.2. The van der Waals surface area contributed by atoms with E-state index in [2.05, 4.69) is 10.6 Å². The smallest absolute Gasteiger partial charge is 0.315 e. The molecule has 5 atom stereocenters. The summed E-state index contributed by atoms with van der Waals surface area (Å²) in [6.07, 6.45) is 5.63. The fraction of sp³-hybridized carbons (Fsp3) is 0.933. The first-order valence-corrected chi connectivity index (χ1v) is 7.90. The summed E-state index contributed by atoms with van der Waals surface area (Å²) in [7, 11) is 0. The van der Waals surface area contributed by atoms with Gasteiger partial charge < -0.3 is 20.5 Å². The van der Waals surface area contributed by atoms with Gasteiger partial charge in [0.15, 0.2) is 0 Å². The van der Waals surface area contributed by atoms with Gasteiger partial charge in [0.25, 0.3) is 0 Å². The number of carbonyl (C=O) groups is 1. The van der Waals surface area contributed by atoms with Crippen molar-refractivity contribution in [3.63, 3.8) is 0 Å². The highest BCUT2D eigenvalue weighted by atomic mass is 16.5. The van der Waals surface area contributed by atoms with Crippen LogP contribution in [-0.2, 0) is 4.74 Å². The molecular formula is C15H26N2O3. The predicted octanol–water partition coefficient (Wildman–Crippen LogP) is 1.26. The number of nitrogens with one attached hydrogen (secondary N) is 2. The summed E-state index contributed by atoms with van der Waals surface area (Å²) in [5.74, 6) is 1.41. The first-order valence-electron chi connectivity index (χ1n) is 7.90. The van der Waals surface area contributed by atoms with Gasteiger partial charge in [0.1, 0.15) is 0 Å². The molecule has 2 amide bonds. The number of urea groups is 1. The molecule has 5 nitrogen and oxygen atoms in total. The van der Waals surface area contributed by atoms with Crippen molar-refractivity contribution in [1.29, 1.82) is 0 Å². The summed E-state index contributed by atoms with van der Waals surface area (Å²) in [6, 6.07) is 0.0359. The maximum atomic E-state index is 12.1. The van der Waals surface area contributed by atoms with Gasteiger partial charge >= 0.3 is 6.03 Å². The molecule has 3 fully saturated rings. The molecule has 114 valence electrons. The minimum absolute atomic E-state index is 0.113. The van der Waals surface area contributed by atoms with Crippen molar-refractivity contribution in [3.8, 4) is 0 Å². The molecule has 0 aromatic rings. The van der Waals surface area contributed by atoms with Crippen molar-refractivity contribution in [2.75, 3.05) is 19.8 Å². The van der Waals surface area contributed by atoms with Crippen molar-refractivity contribution < 1.29 is 14.6 Å². The summed E-state index contributed by atoms with van der Waals surface area (Å²) in [4.78, 5) is 12.1. The number of hydrogen-bond acceptors (Lipinski definition) is 3. The highest BCUT2D eigenvalue weighted by Crippen LogP contribution is 2.48. The van der Waals surface area contributed by atoms with E-state index in [0.717, 1.165) is 25.9 Å². The average Bonchev–Trinajstić information content (AvgIpc) is 3.13. The first kappa shape index (κ1) is 14.1. The third-order valence-corrected chi connectivity index (χ3v) is 5.52. The molecule has 3 N–H and O–H groups in total. The van der Waals surface area contributed by atoms with Crippen molar-refractivity contribution in [3.05, 3.63) is 0 Å². The molecule has 0 aromatic heterocycles. The van der Waals surface area contributed by atoms with E-state index in [1.165, 1.54) is 12.8 Å². The molecule has 3 rings (SSSR count). The Bertz CT molecular complexity index is 368. The summed E-state index contributed by atoms with van der Waals surface area (Å²) >= 11 is 0. The van der Waals surface area contributed by atoms with Crippen LogP contribution in [0.1, 0.15) is 39.0 Å². The van der Waals surface area contributed by atoms with Gasteiger partial charge in [-0.15, -0.1) is 0 Å². The van der Waals surface area contributed by atoms with Gasteiger partial charge in [-0.3, -0.25) is 0 Å². The van der Waals surface area contributed by atoms with Gasteiger partial charge in [0, 0.05) is 31.7 Å². The van der Waals surface area contributed by atoms with Gasteiger partial charge in [-0.1, -0.05) is 0 Å². The number of amides is 2. The third-order valence-electron chi connectivity index (χ3n) is 5.52. The van der Waals surface area contributed by atoms with Crippen LogP contribution in [0.25, 0.3) is 0 Å². The van der Waals surface area contributed by atoms with Gasteiger partial charge in [-0.2, -0.15) is 0 Å². The van der Waals surface area contributed by atoms with E-state index in [-0.39, 0.29) is 30.2 Å². The van der Waals surface area contributed by atoms with Crippen LogP contribution in [0.5, 0.6) is 0 Å². The Hall–Kier alpha value is -0.810. The Morgan fingerprint density at radius 3 is 2.90 bits per heavy atom. The Balaban J connectivity index is 1.49. The first-order chi connectivity index (χ1) is 9.61. The van der Waals surface area contributed by atoms with Crippen LogP contribution in [0.2, 0.25) is 0 Å². The number of carbonyl (C=O) groups excluding carboxylic acids is 1. The number of ether oxygens (including phenoxy) is 1. The van der Waals surface area contributed by atoms with Crippen LogP contribution in [0.3, 0.4) is 0 Å². The van der Waals surface area contributed by atoms with Crippen LogP contribution in [0.15, 0.2) is 0 Å². The maximum absolute atomic E-state index is 12.1. The topological polar surface area (TPSA) is 70.6 Å². The zero-order valence-electron chi connectivity index (χ0n) is 12.2. The molecule has 3 aliphatic rings. The van der Waals surface area contributed by atoms with Crippen LogP contribution in [0.4, 0.5) is 4.79 Å². The Morgan fingerprint density at radius 1 is 1.40 bits per heavy atom. The van der Waals surface area contributed by atoms with Crippen molar-refractivity contribution in [2.24, 2.45) is 17.8 Å². The predicted molar refractivity (Wildman–Crippen MR) is 75.3 cm³/mol. The zero-order valence-corrected chi connectivity index (χ0v) is 12.2. The van der Waals surface area contributed by atoms with E-state index >= 15 is 0 Å². The quantitative estimate of drug-likeness (QED) is 0.727. The summed E-state index contributed by atoms with van der Waals surface area (Å²) in [6.45, 7) is 3.59. The molecule has 1 heterocycles. The summed E-state index contributed by atoms with van der Waals surface area (Å²) < 4.78 is 5.67. The third kappa shape index (κ3) is 2.66. The van der Waals surface area contributed by atoms with E-state index in [1.54, 1.807) is 0 Å². The minimum atomic E-state index is -0.206. The van der Waals surface area contributed by atoms with E-state index in [0.29, 0.717) is 18.4 Å². The lowest BCUT2D eigenvalue weighted by molar-refractivity contribution is 0.0226. The van der Waals surface area contributed by atoms with E-state index in [9.17, 15) is 9.90 Å². The molecule has 0 aromatic carbocycles. The van der Waals surface area contributed by atoms with Gasteiger partial charge in [-0.25, -0.2) is 4.79 Å². The van der Waals surface area contributed by atoms with E-state index < -0.39 is 0 Å². The molecule has 0 spiro atoms. The normalized spacial score (nSPS) is 42.9. The lowest BCUT2D eigenvalue weighted by Gasteiger charge is -2.31. The van der Waals surface area contributed by atoms with Crippen LogP contribution in [0, 0.1) is 17.8 Å². The minimum Gasteiger partial charge on any atom is -0.396 e. The Morgan fingerprint density at radius 2 is 2.20 bits per heavy atom. The van der Waals surface area contributed by atoms with Crippen molar-refractivity contribution in [1.82, 2.24) is 10.6 Å². The maximum Gasteiger partial charge on any atom is 0.315 e. The lowest BCUT2D eigenvalue weighted by atomic mass is 9.85. The number of aliphatic hydroxyl groups is 1. The average molecular weight is 282 g/mol. The number of fused-ring (bicyclic) bond motifs is 2. The van der Waals surface area contributed by atoms with Crippen molar-refractivity contribution in [2.45, 2.75) is 50.7 Å². The van der Waals surface area contributed by atoms with E-state index in [1.807, 2.05) is 6.92 Å². The molecule has 5 unspecified atom stereocenters. The number of rotatable bonds is 4. The monoisotopic (exact) mass is 282 g/mol. The molecule has 2 aliphatic carbocycles. The lowest BCUT2D eigenvalue weighted by Crippen LogP contribution is -2.51. The van der Waals surface area contributed by atoms with Crippen LogP contribution < -0.4 is 10.6 Å². The molecular weight excluding hydrogens is 256 g/mol. The van der Waals surface area contributed by atoms with Gasteiger partial charge in [-0.05, 0) is 50.9 Å². The standard InChI is InChI=1S/C15H26N2O3/c1-15(5-2-6-20-15)9-16-14(19)17-13-11-4-3-10(7-11)12(13)8-18/h10-13,18H,2-9H2,1H3,(H2,16,17,19). The summed E-state index contributed by atoms with van der Waals surface area (Å²) in [5.41, 5.74) is -0.206. The SMILES string of the molecule is CC1(CNC(=O)NC2C3CCC(C3)C2CO)CCCO1. The fourth-order valence-electron chi connectivity index (χ4n) is 4.34. The molecule has 5 heteroatoms. The molecule has 1 saturated heterocycles. The van der Waals surface area contributed by atoms with Gasteiger partial charge in [0.05, 0.1) is 5.60 Å². The highest BCUT2D eigenvalue weighted by molar-refractivity contribution is 5.74. The van der Waals surface area contributed by atoms with E-state index in [4.69, 9.17) is 4.74 Å².